The molecule has 0 unspecified atom stereocenters. The third-order valence-electron chi connectivity index (χ3n) is 2.79. The van der Waals surface area contributed by atoms with Crippen LogP contribution in [0.25, 0.3) is 0 Å². The van der Waals surface area contributed by atoms with Gasteiger partial charge in [-0.15, -0.1) is 0 Å². The van der Waals surface area contributed by atoms with Crippen LogP contribution in [0.1, 0.15) is 23.0 Å². The summed E-state index contributed by atoms with van der Waals surface area (Å²) in [5, 5.41) is 11.7. The number of rotatable bonds is 3. The number of nitrogen functional groups attached to an aromatic ring is 1. The van der Waals surface area contributed by atoms with E-state index in [1.165, 1.54) is 0 Å². The molecule has 0 radical (unpaired) electrons. The maximum Gasteiger partial charge on any atom is 0.272 e. The number of hydrogen-bond donors (Lipinski definition) is 2. The van der Waals surface area contributed by atoms with Crippen molar-refractivity contribution in [2.24, 2.45) is 0 Å². The standard InChI is InChI=1S/C14H14N4O/c1-2-18-9-11(16)7-13(18)14(19)17-12-6-4-3-5-10(12)8-15/h3-7,9H,2,16H2,1H3,(H,17,19). The van der Waals surface area contributed by atoms with Gasteiger partial charge in [-0.05, 0) is 25.1 Å². The number of anilines is 2. The SMILES string of the molecule is CCn1cc(N)cc1C(=O)Nc1ccccc1C#N. The zero-order valence-electron chi connectivity index (χ0n) is 10.6. The van der Waals surface area contributed by atoms with Crippen molar-refractivity contribution in [3.8, 4) is 6.07 Å². The van der Waals surface area contributed by atoms with Crippen molar-refractivity contribution in [3.63, 3.8) is 0 Å². The Morgan fingerprint density at radius 1 is 1.47 bits per heavy atom. The molecule has 1 aromatic carbocycles. The maximum atomic E-state index is 12.2. The van der Waals surface area contributed by atoms with Gasteiger partial charge in [-0.2, -0.15) is 5.26 Å². The van der Waals surface area contributed by atoms with Gasteiger partial charge in [0.05, 0.1) is 16.9 Å². The number of benzene rings is 1. The molecule has 1 heterocycles. The number of carbonyl (C=O) groups excluding carboxylic acids is 1. The van der Waals surface area contributed by atoms with Gasteiger partial charge in [0.15, 0.2) is 0 Å². The molecule has 0 saturated carbocycles. The zero-order chi connectivity index (χ0) is 13.8. The quantitative estimate of drug-likeness (QED) is 0.880. The summed E-state index contributed by atoms with van der Waals surface area (Å²) in [4.78, 5) is 12.2. The molecule has 0 bridgehead atoms. The van der Waals surface area contributed by atoms with Gasteiger partial charge in [-0.3, -0.25) is 4.79 Å². The fourth-order valence-electron chi connectivity index (χ4n) is 1.86. The first-order valence-electron chi connectivity index (χ1n) is 5.91. The molecule has 96 valence electrons. The highest BCUT2D eigenvalue weighted by atomic mass is 16.1. The van der Waals surface area contributed by atoms with E-state index in [0.717, 1.165) is 0 Å². The molecule has 2 aromatic rings. The number of nitrogens with one attached hydrogen (secondary N) is 1. The molecule has 0 aliphatic heterocycles. The molecule has 5 nitrogen and oxygen atoms in total. The first kappa shape index (κ1) is 12.7. The summed E-state index contributed by atoms with van der Waals surface area (Å²) >= 11 is 0. The van der Waals surface area contributed by atoms with Crippen molar-refractivity contribution in [1.82, 2.24) is 4.57 Å². The van der Waals surface area contributed by atoms with E-state index in [-0.39, 0.29) is 5.91 Å². The lowest BCUT2D eigenvalue weighted by Crippen LogP contribution is -2.17. The maximum absolute atomic E-state index is 12.2. The number of aromatic nitrogens is 1. The molecule has 1 aromatic heterocycles. The van der Waals surface area contributed by atoms with Crippen molar-refractivity contribution in [2.45, 2.75) is 13.5 Å². The van der Waals surface area contributed by atoms with Crippen LogP contribution in [-0.4, -0.2) is 10.5 Å². The van der Waals surface area contributed by atoms with Crippen LogP contribution >= 0.6 is 0 Å². The number of nitrogens with zero attached hydrogens (tertiary/aromatic N) is 2. The van der Waals surface area contributed by atoms with Crippen LogP contribution < -0.4 is 11.1 Å². The van der Waals surface area contributed by atoms with Gasteiger partial charge in [0.25, 0.3) is 5.91 Å². The number of amides is 1. The van der Waals surface area contributed by atoms with Gasteiger partial charge in [-0.1, -0.05) is 12.1 Å². The predicted octanol–water partition coefficient (Wildman–Crippen LogP) is 2.21. The van der Waals surface area contributed by atoms with Crippen molar-refractivity contribution in [2.75, 3.05) is 11.1 Å². The number of nitrogens with two attached hydrogens (primary N) is 1. The van der Waals surface area contributed by atoms with E-state index in [2.05, 4.69) is 5.32 Å². The fourth-order valence-corrected chi connectivity index (χ4v) is 1.86. The minimum absolute atomic E-state index is 0.277. The summed E-state index contributed by atoms with van der Waals surface area (Å²) in [5.74, 6) is -0.277. The molecule has 0 fully saturated rings. The molecule has 0 saturated heterocycles. The molecule has 0 aliphatic rings. The number of aryl methyl sites for hydroxylation is 1. The molecule has 19 heavy (non-hydrogen) atoms. The highest BCUT2D eigenvalue weighted by molar-refractivity contribution is 6.04. The van der Waals surface area contributed by atoms with Crippen molar-refractivity contribution >= 4 is 17.3 Å². The molecule has 1 amide bonds. The van der Waals surface area contributed by atoms with E-state index in [9.17, 15) is 4.79 Å². The molecule has 0 aliphatic carbocycles. The Morgan fingerprint density at radius 2 is 2.21 bits per heavy atom. The largest absolute Gasteiger partial charge is 0.397 e. The fraction of sp³-hybridized carbons (Fsp3) is 0.143. The molecular formula is C14H14N4O. The van der Waals surface area contributed by atoms with Crippen molar-refractivity contribution < 1.29 is 4.79 Å². The molecule has 3 N–H and O–H groups in total. The van der Waals surface area contributed by atoms with Gasteiger partial charge in [0.1, 0.15) is 11.8 Å². The molecular weight excluding hydrogens is 240 g/mol. The number of para-hydroxylation sites is 1. The first-order valence-corrected chi connectivity index (χ1v) is 5.91. The highest BCUT2D eigenvalue weighted by Crippen LogP contribution is 2.17. The second-order valence-corrected chi connectivity index (χ2v) is 4.06. The third kappa shape index (κ3) is 2.58. The number of hydrogen-bond acceptors (Lipinski definition) is 3. The van der Waals surface area contributed by atoms with E-state index in [4.69, 9.17) is 11.0 Å². The zero-order valence-corrected chi connectivity index (χ0v) is 10.6. The van der Waals surface area contributed by atoms with E-state index < -0.39 is 0 Å². The van der Waals surface area contributed by atoms with E-state index in [1.54, 1.807) is 41.1 Å². The Labute approximate surface area is 111 Å². The van der Waals surface area contributed by atoms with Crippen LogP contribution in [0.15, 0.2) is 36.5 Å². The summed E-state index contributed by atoms with van der Waals surface area (Å²) in [6.45, 7) is 2.58. The monoisotopic (exact) mass is 254 g/mol. The van der Waals surface area contributed by atoms with Crippen molar-refractivity contribution in [3.05, 3.63) is 47.8 Å². The minimum Gasteiger partial charge on any atom is -0.397 e. The normalized spacial score (nSPS) is 9.89. The van der Waals surface area contributed by atoms with Gasteiger partial charge < -0.3 is 15.6 Å². The lowest BCUT2D eigenvalue weighted by atomic mass is 10.2. The molecule has 2 rings (SSSR count). The second-order valence-electron chi connectivity index (χ2n) is 4.06. The first-order chi connectivity index (χ1) is 9.15. The molecule has 5 heteroatoms. The summed E-state index contributed by atoms with van der Waals surface area (Å²) in [6, 6.07) is 10.5. The van der Waals surface area contributed by atoms with Crippen LogP contribution in [0.5, 0.6) is 0 Å². The van der Waals surface area contributed by atoms with E-state index in [0.29, 0.717) is 29.2 Å². The third-order valence-corrected chi connectivity index (χ3v) is 2.79. The highest BCUT2D eigenvalue weighted by Gasteiger charge is 2.13. The molecule has 0 atom stereocenters. The van der Waals surface area contributed by atoms with E-state index in [1.807, 2.05) is 13.0 Å². The van der Waals surface area contributed by atoms with Gasteiger partial charge in [0.2, 0.25) is 0 Å². The average molecular weight is 254 g/mol. The lowest BCUT2D eigenvalue weighted by molar-refractivity contribution is 0.101. The topological polar surface area (TPSA) is 83.8 Å². The lowest BCUT2D eigenvalue weighted by Gasteiger charge is -2.08. The average Bonchev–Trinajstić information content (AvgIpc) is 2.80. The Bertz CT molecular complexity index is 652. The van der Waals surface area contributed by atoms with Gasteiger partial charge >= 0.3 is 0 Å². The second kappa shape index (κ2) is 5.27. The van der Waals surface area contributed by atoms with Crippen LogP contribution in [-0.2, 0) is 6.54 Å². The number of nitriles is 1. The Kier molecular flexibility index (Phi) is 3.53. The summed E-state index contributed by atoms with van der Waals surface area (Å²) in [5.41, 5.74) is 7.64. The van der Waals surface area contributed by atoms with Crippen LogP contribution in [0.3, 0.4) is 0 Å². The summed E-state index contributed by atoms with van der Waals surface area (Å²) in [7, 11) is 0. The molecule has 0 spiro atoms. The number of carbonyl (C=O) groups is 1. The van der Waals surface area contributed by atoms with Crippen molar-refractivity contribution in [1.29, 1.82) is 5.26 Å². The van der Waals surface area contributed by atoms with Gasteiger partial charge in [-0.25, -0.2) is 0 Å². The van der Waals surface area contributed by atoms with E-state index >= 15 is 0 Å². The predicted molar refractivity (Wildman–Crippen MR) is 73.6 cm³/mol. The Hall–Kier alpha value is -2.74. The van der Waals surface area contributed by atoms with Crippen LogP contribution in [0.2, 0.25) is 0 Å². The minimum atomic E-state index is -0.277. The van der Waals surface area contributed by atoms with Crippen LogP contribution in [0, 0.1) is 11.3 Å². The Balaban J connectivity index is 2.28. The van der Waals surface area contributed by atoms with Crippen LogP contribution in [0.4, 0.5) is 11.4 Å². The Morgan fingerprint density at radius 3 is 2.89 bits per heavy atom. The summed E-state index contributed by atoms with van der Waals surface area (Å²) in [6.07, 6.45) is 1.71. The summed E-state index contributed by atoms with van der Waals surface area (Å²) < 4.78 is 1.76. The smallest absolute Gasteiger partial charge is 0.272 e. The van der Waals surface area contributed by atoms with Gasteiger partial charge in [0, 0.05) is 12.7 Å².